The number of rotatable bonds is 5. The lowest BCUT2D eigenvalue weighted by Gasteiger charge is -2.34. The fourth-order valence-corrected chi connectivity index (χ4v) is 3.12. The molecule has 1 aliphatic rings. The maximum absolute atomic E-state index is 12.2. The van der Waals surface area contributed by atoms with Crippen LogP contribution in [-0.2, 0) is 11.2 Å². The Hall–Kier alpha value is -1.35. The second-order valence-corrected chi connectivity index (χ2v) is 6.14. The van der Waals surface area contributed by atoms with Gasteiger partial charge in [0.25, 0.3) is 0 Å². The molecule has 1 aromatic carbocycles. The van der Waals surface area contributed by atoms with Crippen LogP contribution in [-0.4, -0.2) is 37.5 Å². The van der Waals surface area contributed by atoms with Gasteiger partial charge in [0.05, 0.1) is 6.42 Å². The molecule has 0 aliphatic heterocycles. The monoisotopic (exact) mass is 274 g/mol. The highest BCUT2D eigenvalue weighted by Crippen LogP contribution is 2.25. The average Bonchev–Trinajstić information content (AvgIpc) is 2.41. The van der Waals surface area contributed by atoms with Crippen LogP contribution in [0.4, 0.5) is 0 Å². The molecule has 110 valence electrons. The summed E-state index contributed by atoms with van der Waals surface area (Å²) < 4.78 is 0. The van der Waals surface area contributed by atoms with Crippen molar-refractivity contribution in [1.29, 1.82) is 0 Å². The van der Waals surface area contributed by atoms with Crippen molar-refractivity contribution in [2.75, 3.05) is 20.6 Å². The molecule has 1 fully saturated rings. The van der Waals surface area contributed by atoms with Gasteiger partial charge in [0.15, 0.2) is 0 Å². The number of benzene rings is 1. The van der Waals surface area contributed by atoms with Gasteiger partial charge in [-0.1, -0.05) is 43.2 Å². The lowest BCUT2D eigenvalue weighted by Crippen LogP contribution is -2.45. The van der Waals surface area contributed by atoms with Gasteiger partial charge >= 0.3 is 0 Å². The predicted octanol–water partition coefficient (Wildman–Crippen LogP) is 2.47. The standard InChI is InChI=1S/C17H26N2O/c1-19(2)13-15-10-6-7-11-16(15)18-17(20)12-14-8-4-3-5-9-14/h3-5,8-9,15-16H,6-7,10-13H2,1-2H3,(H,18,20). The van der Waals surface area contributed by atoms with Gasteiger partial charge in [-0.05, 0) is 38.4 Å². The fourth-order valence-electron chi connectivity index (χ4n) is 3.12. The lowest BCUT2D eigenvalue weighted by molar-refractivity contribution is -0.121. The Labute approximate surface area is 122 Å². The molecule has 1 amide bonds. The highest BCUT2D eigenvalue weighted by molar-refractivity contribution is 5.78. The predicted molar refractivity (Wildman–Crippen MR) is 82.6 cm³/mol. The Morgan fingerprint density at radius 2 is 1.90 bits per heavy atom. The summed E-state index contributed by atoms with van der Waals surface area (Å²) in [5, 5.41) is 3.26. The third-order valence-electron chi connectivity index (χ3n) is 4.06. The summed E-state index contributed by atoms with van der Waals surface area (Å²) in [6, 6.07) is 10.3. The number of nitrogens with zero attached hydrogens (tertiary/aromatic N) is 1. The molecule has 20 heavy (non-hydrogen) atoms. The van der Waals surface area contributed by atoms with Crippen molar-refractivity contribution in [2.24, 2.45) is 5.92 Å². The van der Waals surface area contributed by atoms with E-state index in [-0.39, 0.29) is 5.91 Å². The molecule has 0 saturated heterocycles. The van der Waals surface area contributed by atoms with E-state index in [0.29, 0.717) is 18.4 Å². The molecule has 2 unspecified atom stereocenters. The molecule has 2 rings (SSSR count). The molecule has 0 heterocycles. The molecule has 3 nitrogen and oxygen atoms in total. The normalized spacial score (nSPS) is 22.8. The molecular weight excluding hydrogens is 248 g/mol. The molecule has 0 aromatic heterocycles. The summed E-state index contributed by atoms with van der Waals surface area (Å²) in [4.78, 5) is 14.4. The van der Waals surface area contributed by atoms with Gasteiger partial charge in [0.2, 0.25) is 5.91 Å². The number of amides is 1. The van der Waals surface area contributed by atoms with Crippen molar-refractivity contribution in [3.63, 3.8) is 0 Å². The second-order valence-electron chi connectivity index (χ2n) is 6.14. The average molecular weight is 274 g/mol. The summed E-state index contributed by atoms with van der Waals surface area (Å²) in [6.07, 6.45) is 5.38. The smallest absolute Gasteiger partial charge is 0.224 e. The van der Waals surface area contributed by atoms with Gasteiger partial charge in [-0.15, -0.1) is 0 Å². The number of hydrogen-bond acceptors (Lipinski definition) is 2. The van der Waals surface area contributed by atoms with Gasteiger partial charge in [0.1, 0.15) is 0 Å². The maximum atomic E-state index is 12.2. The summed E-state index contributed by atoms with van der Waals surface area (Å²) in [5.74, 6) is 0.755. The first-order valence-electron chi connectivity index (χ1n) is 7.63. The van der Waals surface area contributed by atoms with Crippen molar-refractivity contribution < 1.29 is 4.79 Å². The summed E-state index contributed by atoms with van der Waals surface area (Å²) >= 11 is 0. The second kappa shape index (κ2) is 7.44. The van der Waals surface area contributed by atoms with E-state index in [9.17, 15) is 4.79 Å². The van der Waals surface area contributed by atoms with E-state index in [1.165, 1.54) is 19.3 Å². The van der Waals surface area contributed by atoms with Gasteiger partial charge in [-0.3, -0.25) is 4.79 Å². The quantitative estimate of drug-likeness (QED) is 0.894. The zero-order valence-electron chi connectivity index (χ0n) is 12.6. The Balaban J connectivity index is 1.88. The Bertz CT molecular complexity index is 416. The molecule has 1 aliphatic carbocycles. The molecule has 0 spiro atoms. The Kier molecular flexibility index (Phi) is 5.60. The van der Waals surface area contributed by atoms with E-state index in [1.807, 2.05) is 30.3 Å². The zero-order valence-corrected chi connectivity index (χ0v) is 12.6. The van der Waals surface area contributed by atoms with Crippen molar-refractivity contribution in [3.05, 3.63) is 35.9 Å². The highest BCUT2D eigenvalue weighted by Gasteiger charge is 2.26. The van der Waals surface area contributed by atoms with Crippen LogP contribution in [0.2, 0.25) is 0 Å². The minimum Gasteiger partial charge on any atom is -0.353 e. The van der Waals surface area contributed by atoms with Crippen LogP contribution in [0.5, 0.6) is 0 Å². The number of carbonyl (C=O) groups excluding carboxylic acids is 1. The summed E-state index contributed by atoms with van der Waals surface area (Å²) in [7, 11) is 4.22. The first-order chi connectivity index (χ1) is 9.65. The number of carbonyl (C=O) groups is 1. The van der Waals surface area contributed by atoms with Crippen molar-refractivity contribution in [2.45, 2.75) is 38.1 Å². The molecular formula is C17H26N2O. The van der Waals surface area contributed by atoms with Gasteiger partial charge in [0, 0.05) is 12.6 Å². The SMILES string of the molecule is CN(C)CC1CCCCC1NC(=O)Cc1ccccc1. The minimum atomic E-state index is 0.159. The third-order valence-corrected chi connectivity index (χ3v) is 4.06. The first kappa shape index (κ1) is 15.0. The zero-order chi connectivity index (χ0) is 14.4. The Morgan fingerprint density at radius 3 is 2.60 bits per heavy atom. The molecule has 1 saturated carbocycles. The first-order valence-corrected chi connectivity index (χ1v) is 7.63. The molecule has 1 N–H and O–H groups in total. The molecule has 3 heteroatoms. The van der Waals surface area contributed by atoms with E-state index in [4.69, 9.17) is 0 Å². The van der Waals surface area contributed by atoms with Crippen LogP contribution < -0.4 is 5.32 Å². The van der Waals surface area contributed by atoms with E-state index in [0.717, 1.165) is 18.5 Å². The van der Waals surface area contributed by atoms with Crippen LogP contribution in [0.25, 0.3) is 0 Å². The van der Waals surface area contributed by atoms with Crippen molar-refractivity contribution in [3.8, 4) is 0 Å². The molecule has 1 aromatic rings. The molecule has 0 radical (unpaired) electrons. The molecule has 2 atom stereocenters. The van der Waals surface area contributed by atoms with Gasteiger partial charge in [-0.25, -0.2) is 0 Å². The summed E-state index contributed by atoms with van der Waals surface area (Å²) in [6.45, 7) is 1.07. The summed E-state index contributed by atoms with van der Waals surface area (Å²) in [5.41, 5.74) is 1.09. The maximum Gasteiger partial charge on any atom is 0.224 e. The third kappa shape index (κ3) is 4.64. The fraction of sp³-hybridized carbons (Fsp3) is 0.588. The van der Waals surface area contributed by atoms with Crippen LogP contribution in [0.3, 0.4) is 0 Å². The number of nitrogens with one attached hydrogen (secondary N) is 1. The van der Waals surface area contributed by atoms with Gasteiger partial charge < -0.3 is 10.2 Å². The van der Waals surface area contributed by atoms with Crippen LogP contribution in [0, 0.1) is 5.92 Å². The van der Waals surface area contributed by atoms with Crippen molar-refractivity contribution >= 4 is 5.91 Å². The van der Waals surface area contributed by atoms with E-state index >= 15 is 0 Å². The lowest BCUT2D eigenvalue weighted by atomic mass is 9.84. The van der Waals surface area contributed by atoms with Crippen LogP contribution in [0.1, 0.15) is 31.2 Å². The van der Waals surface area contributed by atoms with E-state index < -0.39 is 0 Å². The minimum absolute atomic E-state index is 0.159. The Morgan fingerprint density at radius 1 is 1.20 bits per heavy atom. The highest BCUT2D eigenvalue weighted by atomic mass is 16.1. The molecule has 0 bridgehead atoms. The van der Waals surface area contributed by atoms with E-state index in [1.54, 1.807) is 0 Å². The van der Waals surface area contributed by atoms with Gasteiger partial charge in [-0.2, -0.15) is 0 Å². The largest absolute Gasteiger partial charge is 0.353 e. The van der Waals surface area contributed by atoms with Crippen LogP contribution >= 0.6 is 0 Å². The van der Waals surface area contributed by atoms with E-state index in [2.05, 4.69) is 24.3 Å². The van der Waals surface area contributed by atoms with Crippen molar-refractivity contribution in [1.82, 2.24) is 10.2 Å². The van der Waals surface area contributed by atoms with Crippen LogP contribution in [0.15, 0.2) is 30.3 Å². The number of hydrogen-bond donors (Lipinski definition) is 1. The topological polar surface area (TPSA) is 32.3 Å².